The molecule has 0 aromatic heterocycles. The Morgan fingerprint density at radius 1 is 1.26 bits per heavy atom. The number of nitrogens with two attached hydrogens (primary N) is 1. The summed E-state index contributed by atoms with van der Waals surface area (Å²) < 4.78 is 24.8. The van der Waals surface area contributed by atoms with Crippen molar-refractivity contribution in [1.82, 2.24) is 0 Å². The minimum Gasteiger partial charge on any atom is -0.486 e. The van der Waals surface area contributed by atoms with Crippen molar-refractivity contribution in [2.24, 2.45) is 11.7 Å². The Morgan fingerprint density at radius 2 is 1.87 bits per heavy atom. The van der Waals surface area contributed by atoms with E-state index in [0.29, 0.717) is 5.75 Å². The monoisotopic (exact) mass is 345 g/mol. The van der Waals surface area contributed by atoms with Crippen molar-refractivity contribution in [2.75, 3.05) is 0 Å². The second-order valence-electron chi connectivity index (χ2n) is 5.69. The second kappa shape index (κ2) is 9.08. The third-order valence-corrected chi connectivity index (χ3v) is 3.98. The lowest BCUT2D eigenvalue weighted by molar-refractivity contribution is -0.155. The van der Waals surface area contributed by atoms with Gasteiger partial charge in [-0.1, -0.05) is 25.4 Å². The summed E-state index contributed by atoms with van der Waals surface area (Å²) in [5, 5.41) is 0.253. The minimum absolute atomic E-state index is 0.146. The maximum atomic E-state index is 13.5. The largest absolute Gasteiger partial charge is 0.486 e. The Morgan fingerprint density at radius 3 is 2.35 bits per heavy atom. The molecule has 1 aromatic rings. The molecule has 23 heavy (non-hydrogen) atoms. The van der Waals surface area contributed by atoms with Crippen LogP contribution in [0.5, 0.6) is 5.75 Å². The number of rotatable bonds is 8. The molecule has 0 aliphatic rings. The zero-order chi connectivity index (χ0) is 17.6. The fourth-order valence-electron chi connectivity index (χ4n) is 2.44. The number of esters is 1. The summed E-state index contributed by atoms with van der Waals surface area (Å²) in [5.74, 6) is -0.506. The highest BCUT2D eigenvalue weighted by Crippen LogP contribution is 2.27. The highest BCUT2D eigenvalue weighted by Gasteiger charge is 2.30. The van der Waals surface area contributed by atoms with Gasteiger partial charge in [-0.3, -0.25) is 4.79 Å². The summed E-state index contributed by atoms with van der Waals surface area (Å²) in [5.41, 5.74) is 5.54. The number of ether oxygens (including phenoxy) is 2. The first-order valence-electron chi connectivity index (χ1n) is 7.87. The zero-order valence-corrected chi connectivity index (χ0v) is 14.8. The molecule has 6 heteroatoms. The van der Waals surface area contributed by atoms with Gasteiger partial charge in [-0.25, -0.2) is 4.39 Å². The van der Waals surface area contributed by atoms with E-state index in [2.05, 4.69) is 0 Å². The van der Waals surface area contributed by atoms with Crippen LogP contribution in [0.25, 0.3) is 0 Å². The van der Waals surface area contributed by atoms with Crippen LogP contribution in [0.15, 0.2) is 18.2 Å². The molecule has 0 heterocycles. The van der Waals surface area contributed by atoms with Gasteiger partial charge in [-0.05, 0) is 44.7 Å². The van der Waals surface area contributed by atoms with E-state index in [1.807, 2.05) is 13.8 Å². The number of hydrogen-bond donors (Lipinski definition) is 1. The van der Waals surface area contributed by atoms with Crippen LogP contribution in [0.4, 0.5) is 4.39 Å². The molecule has 0 radical (unpaired) electrons. The number of hydrogen-bond acceptors (Lipinski definition) is 4. The molecule has 0 aliphatic carbocycles. The van der Waals surface area contributed by atoms with Crippen LogP contribution in [0.3, 0.4) is 0 Å². The number of carbonyl (C=O) groups excluding carboxylic acids is 1. The summed E-state index contributed by atoms with van der Waals surface area (Å²) in [4.78, 5) is 11.7. The first kappa shape index (κ1) is 19.7. The lowest BCUT2D eigenvalue weighted by Gasteiger charge is -2.31. The van der Waals surface area contributed by atoms with Crippen LogP contribution < -0.4 is 10.5 Å². The van der Waals surface area contributed by atoms with E-state index >= 15 is 0 Å². The molecular formula is C17H25ClFNO3. The molecule has 1 aromatic carbocycles. The highest BCUT2D eigenvalue weighted by molar-refractivity contribution is 6.30. The fraction of sp³-hybridized carbons (Fsp3) is 0.588. The van der Waals surface area contributed by atoms with E-state index in [1.165, 1.54) is 12.1 Å². The molecule has 4 nitrogen and oxygen atoms in total. The molecule has 0 saturated carbocycles. The van der Waals surface area contributed by atoms with Gasteiger partial charge in [0.15, 0.2) is 0 Å². The number of halogens is 2. The average Bonchev–Trinajstić information content (AvgIpc) is 2.46. The van der Waals surface area contributed by atoms with Gasteiger partial charge < -0.3 is 15.2 Å². The first-order valence-corrected chi connectivity index (χ1v) is 8.25. The lowest BCUT2D eigenvalue weighted by Crippen LogP contribution is -2.42. The van der Waals surface area contributed by atoms with Crippen LogP contribution in [0.1, 0.15) is 40.5 Å². The van der Waals surface area contributed by atoms with Crippen molar-refractivity contribution in [1.29, 1.82) is 0 Å². The van der Waals surface area contributed by atoms with Gasteiger partial charge in [0.1, 0.15) is 29.8 Å². The Kier molecular flexibility index (Phi) is 7.79. The first-order chi connectivity index (χ1) is 10.8. The standard InChI is InChI=1S/C17H25ClFNO3/c1-5-12(6-2)16(11(4)22-17(21)10(3)20)23-15-8-13(18)7-14(19)9-15/h7-12,16H,5-6,20H2,1-4H3/t10-,11-,16-/m0/s1. The fourth-order valence-corrected chi connectivity index (χ4v) is 2.65. The van der Waals surface area contributed by atoms with Crippen LogP contribution in [-0.2, 0) is 9.53 Å². The average molecular weight is 346 g/mol. The molecule has 0 spiro atoms. The molecule has 3 atom stereocenters. The predicted octanol–water partition coefficient (Wildman–Crippen LogP) is 3.94. The van der Waals surface area contributed by atoms with Gasteiger partial charge in [0.05, 0.1) is 0 Å². The van der Waals surface area contributed by atoms with E-state index < -0.39 is 30.0 Å². The van der Waals surface area contributed by atoms with E-state index in [0.717, 1.165) is 12.8 Å². The quantitative estimate of drug-likeness (QED) is 0.725. The molecule has 0 bridgehead atoms. The summed E-state index contributed by atoms with van der Waals surface area (Å²) in [7, 11) is 0. The van der Waals surface area contributed by atoms with Gasteiger partial charge in [0.2, 0.25) is 0 Å². The molecular weight excluding hydrogens is 321 g/mol. The third kappa shape index (κ3) is 5.99. The Hall–Kier alpha value is -1.33. The highest BCUT2D eigenvalue weighted by atomic mass is 35.5. The lowest BCUT2D eigenvalue weighted by atomic mass is 9.93. The maximum absolute atomic E-state index is 13.5. The van der Waals surface area contributed by atoms with Crippen LogP contribution >= 0.6 is 11.6 Å². The Bertz CT molecular complexity index is 500. The van der Waals surface area contributed by atoms with Gasteiger partial charge in [0.25, 0.3) is 0 Å². The third-order valence-electron chi connectivity index (χ3n) is 3.76. The molecule has 130 valence electrons. The van der Waals surface area contributed by atoms with Crippen LogP contribution in [0, 0.1) is 11.7 Å². The number of benzene rings is 1. The topological polar surface area (TPSA) is 61.5 Å². The smallest absolute Gasteiger partial charge is 0.323 e. The van der Waals surface area contributed by atoms with E-state index in [9.17, 15) is 9.18 Å². The van der Waals surface area contributed by atoms with E-state index in [-0.39, 0.29) is 10.9 Å². The molecule has 0 amide bonds. The summed E-state index contributed by atoms with van der Waals surface area (Å²) in [6, 6.07) is 3.31. The van der Waals surface area contributed by atoms with Crippen molar-refractivity contribution in [3.8, 4) is 5.75 Å². The van der Waals surface area contributed by atoms with Gasteiger partial charge in [-0.2, -0.15) is 0 Å². The second-order valence-corrected chi connectivity index (χ2v) is 6.13. The van der Waals surface area contributed by atoms with Gasteiger partial charge in [0, 0.05) is 11.1 Å². The summed E-state index contributed by atoms with van der Waals surface area (Å²) in [6.45, 7) is 7.38. The van der Waals surface area contributed by atoms with Crippen molar-refractivity contribution in [2.45, 2.75) is 58.8 Å². The van der Waals surface area contributed by atoms with Gasteiger partial charge in [-0.15, -0.1) is 0 Å². The predicted molar refractivity (Wildman–Crippen MR) is 89.1 cm³/mol. The van der Waals surface area contributed by atoms with Gasteiger partial charge >= 0.3 is 5.97 Å². The van der Waals surface area contributed by atoms with Crippen molar-refractivity contribution >= 4 is 17.6 Å². The molecule has 0 aliphatic heterocycles. The van der Waals surface area contributed by atoms with Crippen LogP contribution in [-0.4, -0.2) is 24.2 Å². The maximum Gasteiger partial charge on any atom is 0.323 e. The molecule has 0 fully saturated rings. The Balaban J connectivity index is 2.97. The van der Waals surface area contributed by atoms with E-state index in [4.69, 9.17) is 26.8 Å². The van der Waals surface area contributed by atoms with E-state index in [1.54, 1.807) is 19.9 Å². The summed E-state index contributed by atoms with van der Waals surface area (Å²) >= 11 is 5.86. The van der Waals surface area contributed by atoms with Crippen molar-refractivity contribution < 1.29 is 18.7 Å². The van der Waals surface area contributed by atoms with Crippen LogP contribution in [0.2, 0.25) is 5.02 Å². The van der Waals surface area contributed by atoms with Crippen molar-refractivity contribution in [3.63, 3.8) is 0 Å². The number of carbonyl (C=O) groups is 1. The molecule has 0 unspecified atom stereocenters. The Labute approximate surface area is 142 Å². The molecule has 0 saturated heterocycles. The SMILES string of the molecule is CCC(CC)[C@@H](Oc1cc(F)cc(Cl)c1)[C@H](C)OC(=O)[C@H](C)N. The summed E-state index contributed by atoms with van der Waals surface area (Å²) in [6.07, 6.45) is 0.750. The molecule has 1 rings (SSSR count). The minimum atomic E-state index is -0.705. The normalized spacial score (nSPS) is 15.1. The molecule has 2 N–H and O–H groups in total. The zero-order valence-electron chi connectivity index (χ0n) is 14.0. The van der Waals surface area contributed by atoms with Crippen molar-refractivity contribution in [3.05, 3.63) is 29.0 Å².